The van der Waals surface area contributed by atoms with Gasteiger partial charge >= 0.3 is 0 Å². The second-order valence-corrected chi connectivity index (χ2v) is 5.93. The van der Waals surface area contributed by atoms with Gasteiger partial charge in [0.05, 0.1) is 16.2 Å². The summed E-state index contributed by atoms with van der Waals surface area (Å²) in [7, 11) is 0. The van der Waals surface area contributed by atoms with Gasteiger partial charge in [0, 0.05) is 10.5 Å². The largest absolute Gasteiger partial charge is 0.451 e. The van der Waals surface area contributed by atoms with E-state index in [1.807, 2.05) is 0 Å². The molecule has 0 atom stereocenters. The zero-order chi connectivity index (χ0) is 18.0. The summed E-state index contributed by atoms with van der Waals surface area (Å²) < 4.78 is 19.7. The summed E-state index contributed by atoms with van der Waals surface area (Å²) in [5.41, 5.74) is 0.112. The van der Waals surface area contributed by atoms with Crippen LogP contribution in [0.5, 0.6) is 0 Å². The van der Waals surface area contributed by atoms with Gasteiger partial charge in [-0.3, -0.25) is 14.9 Å². The van der Waals surface area contributed by atoms with Crippen LogP contribution in [-0.4, -0.2) is 10.8 Å². The Morgan fingerprint density at radius 1 is 1.16 bits per heavy atom. The minimum Gasteiger partial charge on any atom is -0.451 e. The quantitative estimate of drug-likeness (QED) is 0.489. The van der Waals surface area contributed by atoms with Crippen LogP contribution in [0.2, 0.25) is 0 Å². The summed E-state index contributed by atoms with van der Waals surface area (Å²) in [5, 5.41) is 13.5. The van der Waals surface area contributed by atoms with Crippen LogP contribution < -0.4 is 5.32 Å². The molecule has 2 aromatic carbocycles. The van der Waals surface area contributed by atoms with E-state index >= 15 is 0 Å². The van der Waals surface area contributed by atoms with Gasteiger partial charge in [-0.1, -0.05) is 28.1 Å². The summed E-state index contributed by atoms with van der Waals surface area (Å²) in [6.07, 6.45) is 0. The van der Waals surface area contributed by atoms with Gasteiger partial charge in [0.25, 0.3) is 11.6 Å². The highest BCUT2D eigenvalue weighted by Gasteiger charge is 2.19. The lowest BCUT2D eigenvalue weighted by molar-refractivity contribution is -0.384. The Labute approximate surface area is 149 Å². The van der Waals surface area contributed by atoms with Crippen LogP contribution in [-0.2, 0) is 0 Å². The Kier molecular flexibility index (Phi) is 4.62. The monoisotopic (exact) mass is 404 g/mol. The highest BCUT2D eigenvalue weighted by Crippen LogP contribution is 2.31. The van der Waals surface area contributed by atoms with Crippen LogP contribution in [0.3, 0.4) is 0 Å². The van der Waals surface area contributed by atoms with Crippen molar-refractivity contribution in [2.45, 2.75) is 0 Å². The van der Waals surface area contributed by atoms with Crippen molar-refractivity contribution in [2.24, 2.45) is 0 Å². The molecule has 1 heterocycles. The molecule has 126 valence electrons. The van der Waals surface area contributed by atoms with Crippen LogP contribution in [0.15, 0.2) is 63.5 Å². The fraction of sp³-hybridized carbons (Fsp3) is 0. The topological polar surface area (TPSA) is 85.4 Å². The molecular formula is C17H10BrFN2O4. The van der Waals surface area contributed by atoms with E-state index in [4.69, 9.17) is 4.42 Å². The van der Waals surface area contributed by atoms with Gasteiger partial charge in [0.2, 0.25) is 0 Å². The average molecular weight is 405 g/mol. The molecule has 25 heavy (non-hydrogen) atoms. The van der Waals surface area contributed by atoms with Crippen molar-refractivity contribution in [1.29, 1.82) is 0 Å². The number of hydrogen-bond acceptors (Lipinski definition) is 4. The first-order valence-corrected chi connectivity index (χ1v) is 7.85. The fourth-order valence-electron chi connectivity index (χ4n) is 2.22. The molecule has 0 saturated heterocycles. The van der Waals surface area contributed by atoms with Gasteiger partial charge < -0.3 is 9.73 Å². The zero-order valence-electron chi connectivity index (χ0n) is 12.5. The molecule has 0 aliphatic carbocycles. The van der Waals surface area contributed by atoms with E-state index in [2.05, 4.69) is 21.2 Å². The zero-order valence-corrected chi connectivity index (χ0v) is 14.1. The second-order valence-electron chi connectivity index (χ2n) is 5.02. The van der Waals surface area contributed by atoms with Gasteiger partial charge in [-0.05, 0) is 36.4 Å². The van der Waals surface area contributed by atoms with E-state index in [-0.39, 0.29) is 28.5 Å². The number of furan rings is 1. The molecule has 6 nitrogen and oxygen atoms in total. The Hall–Kier alpha value is -3.00. The molecule has 0 saturated carbocycles. The maximum atomic E-state index is 13.8. The lowest BCUT2D eigenvalue weighted by Gasteiger charge is -2.05. The van der Waals surface area contributed by atoms with Crippen molar-refractivity contribution in [3.05, 3.63) is 80.8 Å². The number of benzene rings is 2. The molecule has 0 bridgehead atoms. The minimum absolute atomic E-state index is 0.00292. The number of para-hydroxylation sites is 1. The number of nitro benzene ring substituents is 1. The predicted molar refractivity (Wildman–Crippen MR) is 92.9 cm³/mol. The third-order valence-corrected chi connectivity index (χ3v) is 3.87. The summed E-state index contributed by atoms with van der Waals surface area (Å²) >= 11 is 3.13. The normalized spacial score (nSPS) is 10.5. The third-order valence-electron chi connectivity index (χ3n) is 3.38. The number of hydrogen-bond donors (Lipinski definition) is 1. The molecular weight excluding hydrogens is 395 g/mol. The maximum absolute atomic E-state index is 13.8. The smallest absolute Gasteiger partial charge is 0.291 e. The van der Waals surface area contributed by atoms with E-state index in [1.54, 1.807) is 12.1 Å². The van der Waals surface area contributed by atoms with Gasteiger partial charge in [0.15, 0.2) is 5.76 Å². The molecule has 3 aromatic rings. The molecule has 1 aromatic heterocycles. The maximum Gasteiger partial charge on any atom is 0.291 e. The van der Waals surface area contributed by atoms with Crippen LogP contribution >= 0.6 is 15.9 Å². The van der Waals surface area contributed by atoms with Crippen molar-refractivity contribution in [3.63, 3.8) is 0 Å². The molecule has 0 spiro atoms. The van der Waals surface area contributed by atoms with E-state index in [1.165, 1.54) is 42.5 Å². The number of amides is 1. The van der Waals surface area contributed by atoms with Gasteiger partial charge in [-0.15, -0.1) is 0 Å². The number of nitrogens with one attached hydrogen (secondary N) is 1. The summed E-state index contributed by atoms with van der Waals surface area (Å²) in [6.45, 7) is 0. The molecule has 1 N–H and O–H groups in total. The number of nitrogens with zero attached hydrogens (tertiary/aromatic N) is 1. The Bertz CT molecular complexity index is 971. The molecule has 0 radical (unpaired) electrons. The van der Waals surface area contributed by atoms with Crippen molar-refractivity contribution in [2.75, 3.05) is 5.32 Å². The van der Waals surface area contributed by atoms with Gasteiger partial charge in [-0.25, -0.2) is 4.39 Å². The highest BCUT2D eigenvalue weighted by molar-refractivity contribution is 9.10. The molecule has 3 rings (SSSR count). The van der Waals surface area contributed by atoms with E-state index < -0.39 is 16.6 Å². The summed E-state index contributed by atoms with van der Waals surface area (Å²) in [6, 6.07) is 13.1. The number of carbonyl (C=O) groups is 1. The van der Waals surface area contributed by atoms with E-state index in [0.29, 0.717) is 4.47 Å². The SMILES string of the molecule is O=C(Nc1ccc(Br)cc1F)c1ccc(-c2ccccc2[N+](=O)[O-])o1. The highest BCUT2D eigenvalue weighted by atomic mass is 79.9. The second kappa shape index (κ2) is 6.86. The van der Waals surface area contributed by atoms with Gasteiger partial charge in [0.1, 0.15) is 11.6 Å². The first-order chi connectivity index (χ1) is 12.0. The van der Waals surface area contributed by atoms with Gasteiger partial charge in [-0.2, -0.15) is 0 Å². The van der Waals surface area contributed by atoms with Crippen molar-refractivity contribution in [1.82, 2.24) is 0 Å². The van der Waals surface area contributed by atoms with E-state index in [0.717, 1.165) is 0 Å². The molecule has 8 heteroatoms. The molecule has 1 amide bonds. The first kappa shape index (κ1) is 16.8. The Morgan fingerprint density at radius 2 is 1.92 bits per heavy atom. The van der Waals surface area contributed by atoms with Crippen LogP contribution in [0, 0.1) is 15.9 Å². The fourth-order valence-corrected chi connectivity index (χ4v) is 2.55. The molecule has 0 aliphatic rings. The van der Waals surface area contributed by atoms with Crippen LogP contribution in [0.1, 0.15) is 10.6 Å². The number of carbonyl (C=O) groups excluding carboxylic acids is 1. The van der Waals surface area contributed by atoms with Crippen molar-refractivity contribution < 1.29 is 18.5 Å². The summed E-state index contributed by atoms with van der Waals surface area (Å²) in [4.78, 5) is 22.7. The Balaban J connectivity index is 1.86. The van der Waals surface area contributed by atoms with Crippen LogP contribution in [0.25, 0.3) is 11.3 Å². The number of anilines is 1. The molecule has 0 fully saturated rings. The predicted octanol–water partition coefficient (Wildman–Crippen LogP) is 5.01. The lowest BCUT2D eigenvalue weighted by Crippen LogP contribution is -2.12. The molecule has 0 unspecified atom stereocenters. The number of nitro groups is 1. The third kappa shape index (κ3) is 3.58. The van der Waals surface area contributed by atoms with Crippen molar-refractivity contribution in [3.8, 4) is 11.3 Å². The van der Waals surface area contributed by atoms with Crippen molar-refractivity contribution >= 4 is 33.2 Å². The lowest BCUT2D eigenvalue weighted by atomic mass is 10.1. The number of halogens is 2. The number of rotatable bonds is 4. The summed E-state index contributed by atoms with van der Waals surface area (Å²) in [5.74, 6) is -1.18. The average Bonchev–Trinajstić information content (AvgIpc) is 3.07. The minimum atomic E-state index is -0.661. The Morgan fingerprint density at radius 3 is 2.64 bits per heavy atom. The molecule has 0 aliphatic heterocycles. The standard InChI is InChI=1S/C17H10BrFN2O4/c18-10-5-6-13(12(19)9-10)20-17(22)16-8-7-15(25-16)11-3-1-2-4-14(11)21(23)24/h1-9H,(H,20,22). The van der Waals surface area contributed by atoms with Crippen LogP contribution in [0.4, 0.5) is 15.8 Å². The van der Waals surface area contributed by atoms with E-state index in [9.17, 15) is 19.3 Å². The first-order valence-electron chi connectivity index (χ1n) is 7.06.